The summed E-state index contributed by atoms with van der Waals surface area (Å²) in [5.41, 5.74) is -0.574. The zero-order chi connectivity index (χ0) is 21.7. The highest BCUT2D eigenvalue weighted by atomic mass is 35.5. The third-order valence-electron chi connectivity index (χ3n) is 9.42. The fourth-order valence-corrected chi connectivity index (χ4v) is 8.58. The summed E-state index contributed by atoms with van der Waals surface area (Å²) in [5, 5.41) is 11.6. The quantitative estimate of drug-likeness (QED) is 0.666. The Labute approximate surface area is 183 Å². The van der Waals surface area contributed by atoms with Gasteiger partial charge in [-0.1, -0.05) is 19.4 Å². The van der Waals surface area contributed by atoms with Crippen LogP contribution in [0.4, 0.5) is 0 Å². The van der Waals surface area contributed by atoms with Crippen LogP contribution in [0.25, 0.3) is 0 Å². The van der Waals surface area contributed by atoms with Crippen LogP contribution in [0, 0.1) is 28.6 Å². The maximum Gasteiger partial charge on any atom is 0.182 e. The van der Waals surface area contributed by atoms with Crippen LogP contribution in [-0.4, -0.2) is 46.1 Å². The van der Waals surface area contributed by atoms with Gasteiger partial charge in [0.25, 0.3) is 0 Å². The maximum atomic E-state index is 13.3. The van der Waals surface area contributed by atoms with Crippen LogP contribution in [0.15, 0.2) is 11.6 Å². The summed E-state index contributed by atoms with van der Waals surface area (Å²) < 4.78 is 12.7. The van der Waals surface area contributed by atoms with Gasteiger partial charge in [0.05, 0.1) is 18.1 Å². The van der Waals surface area contributed by atoms with Crippen LogP contribution in [-0.2, 0) is 19.1 Å². The molecule has 0 bridgehead atoms. The number of hydrogen-bond donors (Lipinski definition) is 1. The van der Waals surface area contributed by atoms with E-state index in [0.717, 1.165) is 25.7 Å². The van der Waals surface area contributed by atoms with Crippen molar-refractivity contribution in [1.82, 2.24) is 0 Å². The van der Waals surface area contributed by atoms with Crippen molar-refractivity contribution in [2.24, 2.45) is 28.6 Å². The van der Waals surface area contributed by atoms with Crippen molar-refractivity contribution in [1.29, 1.82) is 0 Å². The average molecular weight is 437 g/mol. The molecule has 166 valence electrons. The Hall–Kier alpha value is -0.750. The fourth-order valence-electron chi connectivity index (χ4n) is 8.38. The lowest BCUT2D eigenvalue weighted by atomic mass is 9.45. The Balaban J connectivity index is 1.58. The summed E-state index contributed by atoms with van der Waals surface area (Å²) in [4.78, 5) is 25.4. The molecule has 1 N–H and O–H groups in total. The maximum absolute atomic E-state index is 13.3. The number of hydrogen-bond acceptors (Lipinski definition) is 5. The first-order valence-corrected chi connectivity index (χ1v) is 11.9. The lowest BCUT2D eigenvalue weighted by molar-refractivity contribution is -0.225. The second-order valence-corrected chi connectivity index (χ2v) is 11.5. The number of allylic oxidation sites excluding steroid dienone is 1. The van der Waals surface area contributed by atoms with E-state index in [9.17, 15) is 14.7 Å². The second-order valence-electron chi connectivity index (χ2n) is 11.2. The van der Waals surface area contributed by atoms with Gasteiger partial charge < -0.3 is 14.6 Å². The number of aliphatic hydroxyl groups excluding tert-OH is 1. The molecule has 5 nitrogen and oxygen atoms in total. The SMILES string of the molecule is CC1(C)O[C@H]2C[C@H]3[C@@H]4CCC5=CC(=O)CC[C@]5(C)[C@H]4[C@@H](O)C[C@]3(C)[C@]2(C(=O)CCl)O1. The summed E-state index contributed by atoms with van der Waals surface area (Å²) in [6, 6.07) is 0. The zero-order valence-electron chi connectivity index (χ0n) is 18.4. The van der Waals surface area contributed by atoms with E-state index in [-0.39, 0.29) is 46.7 Å². The number of aliphatic hydroxyl groups is 1. The monoisotopic (exact) mass is 436 g/mol. The molecule has 1 aliphatic heterocycles. The lowest BCUT2D eigenvalue weighted by Gasteiger charge is -2.60. The largest absolute Gasteiger partial charge is 0.393 e. The molecule has 0 spiro atoms. The molecular formula is C24H33ClO5. The first-order valence-electron chi connectivity index (χ1n) is 11.4. The standard InChI is InChI=1S/C24H33ClO5/c1-21(2)29-19-10-16-15-6-5-13-9-14(26)7-8-22(13,3)20(15)17(27)11-23(16,4)24(19,30-21)18(28)12-25/h9,15-17,19-20,27H,5-8,10-12H2,1-4H3/t15-,16-,17-,19-,20+,22-,23-,24+/m0/s1. The van der Waals surface area contributed by atoms with E-state index in [0.29, 0.717) is 12.8 Å². The molecule has 0 radical (unpaired) electrons. The summed E-state index contributed by atoms with van der Waals surface area (Å²) in [6.07, 6.45) is 5.37. The Morgan fingerprint density at radius 1 is 1.27 bits per heavy atom. The molecule has 1 saturated heterocycles. The van der Waals surface area contributed by atoms with Gasteiger partial charge in [-0.25, -0.2) is 0 Å². The Bertz CT molecular complexity index is 835. The number of ether oxygens (including phenoxy) is 2. The molecule has 0 amide bonds. The molecule has 4 fully saturated rings. The van der Waals surface area contributed by atoms with E-state index in [2.05, 4.69) is 13.8 Å². The third kappa shape index (κ3) is 2.47. The molecule has 0 aromatic carbocycles. The van der Waals surface area contributed by atoms with Crippen LogP contribution in [0.2, 0.25) is 0 Å². The molecule has 1 heterocycles. The molecule has 0 unspecified atom stereocenters. The highest BCUT2D eigenvalue weighted by Crippen LogP contribution is 2.70. The Morgan fingerprint density at radius 2 is 2.00 bits per heavy atom. The van der Waals surface area contributed by atoms with E-state index >= 15 is 0 Å². The van der Waals surface area contributed by atoms with Crippen molar-refractivity contribution in [3.8, 4) is 0 Å². The number of Topliss-reactive ketones (excluding diaryl/α,β-unsaturated/α-hetero) is 1. The predicted molar refractivity (Wildman–Crippen MR) is 112 cm³/mol. The minimum absolute atomic E-state index is 0.0960. The lowest BCUT2D eigenvalue weighted by Crippen LogP contribution is -2.63. The van der Waals surface area contributed by atoms with Gasteiger partial charge in [-0.2, -0.15) is 0 Å². The highest BCUT2D eigenvalue weighted by Gasteiger charge is 2.76. The topological polar surface area (TPSA) is 72.8 Å². The molecule has 30 heavy (non-hydrogen) atoms. The molecule has 6 heteroatoms. The van der Waals surface area contributed by atoms with Crippen molar-refractivity contribution >= 4 is 23.2 Å². The average Bonchev–Trinajstić information content (AvgIpc) is 3.07. The van der Waals surface area contributed by atoms with Gasteiger partial charge in [0.2, 0.25) is 0 Å². The van der Waals surface area contributed by atoms with Crippen LogP contribution < -0.4 is 0 Å². The number of halogens is 1. The Kier molecular flexibility index (Phi) is 4.50. The Morgan fingerprint density at radius 3 is 2.70 bits per heavy atom. The van der Waals surface area contributed by atoms with Crippen LogP contribution >= 0.6 is 11.6 Å². The minimum Gasteiger partial charge on any atom is -0.393 e. The van der Waals surface area contributed by atoms with Crippen LogP contribution in [0.3, 0.4) is 0 Å². The molecular weight excluding hydrogens is 404 g/mol. The predicted octanol–water partition coefficient (Wildman–Crippen LogP) is 3.80. The van der Waals surface area contributed by atoms with E-state index < -0.39 is 22.9 Å². The summed E-state index contributed by atoms with van der Waals surface area (Å²) in [5.74, 6) is -0.289. The summed E-state index contributed by atoms with van der Waals surface area (Å²) >= 11 is 6.09. The minimum atomic E-state index is -1.10. The second kappa shape index (κ2) is 6.40. The van der Waals surface area contributed by atoms with Gasteiger partial charge in [0.15, 0.2) is 23.0 Å². The molecule has 4 aliphatic carbocycles. The van der Waals surface area contributed by atoms with Crippen molar-refractivity contribution < 1.29 is 24.2 Å². The molecule has 0 aromatic heterocycles. The van der Waals surface area contributed by atoms with E-state index in [1.54, 1.807) is 0 Å². The number of carbonyl (C=O) groups is 2. The zero-order valence-corrected chi connectivity index (χ0v) is 19.1. The number of carbonyl (C=O) groups excluding carboxylic acids is 2. The van der Waals surface area contributed by atoms with Gasteiger partial charge >= 0.3 is 0 Å². The number of alkyl halides is 1. The molecule has 3 saturated carbocycles. The first kappa shape index (κ1) is 21.1. The highest BCUT2D eigenvalue weighted by molar-refractivity contribution is 6.29. The third-order valence-corrected chi connectivity index (χ3v) is 9.67. The molecule has 0 aromatic rings. The van der Waals surface area contributed by atoms with Gasteiger partial charge in [0.1, 0.15) is 0 Å². The van der Waals surface area contributed by atoms with Crippen molar-refractivity contribution in [2.75, 3.05) is 5.88 Å². The normalized spacial score (nSPS) is 51.5. The first-order chi connectivity index (χ1) is 14.0. The van der Waals surface area contributed by atoms with Crippen LogP contribution in [0.5, 0.6) is 0 Å². The number of fused-ring (bicyclic) bond motifs is 7. The van der Waals surface area contributed by atoms with E-state index in [4.69, 9.17) is 21.1 Å². The van der Waals surface area contributed by atoms with Gasteiger partial charge in [-0.05, 0) is 75.2 Å². The fraction of sp³-hybridized carbons (Fsp3) is 0.833. The molecule has 5 aliphatic rings. The van der Waals surface area contributed by atoms with Gasteiger partial charge in [-0.3, -0.25) is 9.59 Å². The van der Waals surface area contributed by atoms with Gasteiger partial charge in [-0.15, -0.1) is 11.6 Å². The van der Waals surface area contributed by atoms with Crippen molar-refractivity contribution in [3.63, 3.8) is 0 Å². The molecule has 5 rings (SSSR count). The molecule has 8 atom stereocenters. The van der Waals surface area contributed by atoms with Crippen LogP contribution in [0.1, 0.15) is 66.2 Å². The van der Waals surface area contributed by atoms with Gasteiger partial charge in [0, 0.05) is 11.8 Å². The number of rotatable bonds is 2. The van der Waals surface area contributed by atoms with E-state index in [1.165, 1.54) is 5.57 Å². The van der Waals surface area contributed by atoms with Crippen molar-refractivity contribution in [3.05, 3.63) is 11.6 Å². The smallest absolute Gasteiger partial charge is 0.182 e. The van der Waals surface area contributed by atoms with Crippen molar-refractivity contribution in [2.45, 2.75) is 89.8 Å². The summed E-state index contributed by atoms with van der Waals surface area (Å²) in [6.45, 7) is 8.06. The number of ketones is 2. The summed E-state index contributed by atoms with van der Waals surface area (Å²) in [7, 11) is 0. The van der Waals surface area contributed by atoms with E-state index in [1.807, 2.05) is 19.9 Å².